The number of rotatable bonds is 2. The van der Waals surface area contributed by atoms with Crippen molar-refractivity contribution < 1.29 is 21.6 Å². The number of aromatic nitrogens is 1. The van der Waals surface area contributed by atoms with Gasteiger partial charge in [-0.05, 0) is 12.8 Å². The van der Waals surface area contributed by atoms with Gasteiger partial charge in [-0.25, -0.2) is 13.4 Å². The standard InChI is InChI=1S/C9H11F3N2O2S2/c10-9(11,12)18(15,16)14-4-1-7(2-5-14)8-13-3-6-17-8/h3,6-7H,1-2,4-5H2. The normalized spacial score (nSPS) is 20.2. The lowest BCUT2D eigenvalue weighted by Crippen LogP contribution is -2.44. The van der Waals surface area contributed by atoms with E-state index in [1.807, 2.05) is 0 Å². The molecule has 0 N–H and O–H groups in total. The summed E-state index contributed by atoms with van der Waals surface area (Å²) in [4.78, 5) is 4.10. The molecule has 1 aromatic rings. The largest absolute Gasteiger partial charge is 0.511 e. The smallest absolute Gasteiger partial charge is 0.249 e. The van der Waals surface area contributed by atoms with Gasteiger partial charge in [-0.2, -0.15) is 17.5 Å². The summed E-state index contributed by atoms with van der Waals surface area (Å²) in [7, 11) is -5.18. The lowest BCUT2D eigenvalue weighted by molar-refractivity contribution is -0.0494. The number of nitrogens with zero attached hydrogens (tertiary/aromatic N) is 2. The van der Waals surface area contributed by atoms with Gasteiger partial charge in [0.15, 0.2) is 0 Å². The summed E-state index contributed by atoms with van der Waals surface area (Å²) in [5, 5.41) is 2.66. The van der Waals surface area contributed by atoms with Crippen molar-refractivity contribution in [1.82, 2.24) is 9.29 Å². The summed E-state index contributed by atoms with van der Waals surface area (Å²) in [6.45, 7) is -0.210. The van der Waals surface area contributed by atoms with Crippen molar-refractivity contribution in [2.24, 2.45) is 0 Å². The highest BCUT2D eigenvalue weighted by molar-refractivity contribution is 7.90. The van der Waals surface area contributed by atoms with Gasteiger partial charge in [0, 0.05) is 30.6 Å². The molecule has 0 spiro atoms. The van der Waals surface area contributed by atoms with Gasteiger partial charge >= 0.3 is 15.5 Å². The SMILES string of the molecule is O=S(=O)(N1CCC(c2nccs2)CC1)C(F)(F)F. The molecule has 2 heterocycles. The van der Waals surface area contributed by atoms with Crippen LogP contribution in [0.25, 0.3) is 0 Å². The van der Waals surface area contributed by atoms with E-state index in [-0.39, 0.29) is 19.0 Å². The fraction of sp³-hybridized carbons (Fsp3) is 0.667. The van der Waals surface area contributed by atoms with Crippen molar-refractivity contribution >= 4 is 21.4 Å². The Balaban J connectivity index is 2.03. The maximum absolute atomic E-state index is 12.3. The minimum Gasteiger partial charge on any atom is -0.249 e. The number of hydrogen-bond donors (Lipinski definition) is 0. The van der Waals surface area contributed by atoms with Crippen LogP contribution in [0.4, 0.5) is 13.2 Å². The zero-order valence-corrected chi connectivity index (χ0v) is 10.9. The summed E-state index contributed by atoms with van der Waals surface area (Å²) in [6, 6.07) is 0. The van der Waals surface area contributed by atoms with Crippen molar-refractivity contribution in [2.75, 3.05) is 13.1 Å². The predicted octanol–water partition coefficient (Wildman–Crippen LogP) is 2.17. The second-order valence-corrected chi connectivity index (χ2v) is 6.85. The molecule has 0 aromatic carbocycles. The van der Waals surface area contributed by atoms with E-state index in [2.05, 4.69) is 4.98 Å². The Morgan fingerprint density at radius 2 is 1.94 bits per heavy atom. The maximum Gasteiger partial charge on any atom is 0.511 e. The fourth-order valence-corrected chi connectivity index (χ4v) is 3.72. The first-order valence-corrected chi connectivity index (χ1v) is 7.60. The van der Waals surface area contributed by atoms with E-state index in [1.54, 1.807) is 11.6 Å². The molecule has 0 aliphatic carbocycles. The van der Waals surface area contributed by atoms with Crippen LogP contribution in [0.3, 0.4) is 0 Å². The molecule has 0 unspecified atom stereocenters. The molecular weight excluding hydrogens is 289 g/mol. The van der Waals surface area contributed by atoms with E-state index in [1.165, 1.54) is 11.3 Å². The van der Waals surface area contributed by atoms with Crippen molar-refractivity contribution in [1.29, 1.82) is 0 Å². The molecule has 0 radical (unpaired) electrons. The minimum absolute atomic E-state index is 0.0599. The van der Waals surface area contributed by atoms with E-state index in [9.17, 15) is 21.6 Å². The van der Waals surface area contributed by atoms with Crippen molar-refractivity contribution in [3.05, 3.63) is 16.6 Å². The molecule has 1 aromatic heterocycles. The van der Waals surface area contributed by atoms with Crippen LogP contribution >= 0.6 is 11.3 Å². The van der Waals surface area contributed by atoms with Gasteiger partial charge in [0.05, 0.1) is 5.01 Å². The number of hydrogen-bond acceptors (Lipinski definition) is 4. The highest BCUT2D eigenvalue weighted by Gasteiger charge is 2.50. The number of thiazole rings is 1. The zero-order chi connectivity index (χ0) is 13.4. The van der Waals surface area contributed by atoms with Crippen molar-refractivity contribution in [3.63, 3.8) is 0 Å². The predicted molar refractivity (Wildman–Crippen MR) is 60.6 cm³/mol. The molecule has 4 nitrogen and oxygen atoms in total. The molecule has 1 fully saturated rings. The quantitative estimate of drug-likeness (QED) is 0.841. The molecule has 1 aliphatic heterocycles. The molecule has 2 rings (SSSR count). The van der Waals surface area contributed by atoms with Crippen LogP contribution < -0.4 is 0 Å². The van der Waals surface area contributed by atoms with E-state index >= 15 is 0 Å². The van der Waals surface area contributed by atoms with Gasteiger partial charge in [-0.15, -0.1) is 11.3 Å². The Morgan fingerprint density at radius 3 is 2.39 bits per heavy atom. The first-order valence-electron chi connectivity index (χ1n) is 5.28. The Labute approximate surface area is 106 Å². The van der Waals surface area contributed by atoms with Crippen LogP contribution in [0.15, 0.2) is 11.6 Å². The minimum atomic E-state index is -5.21. The van der Waals surface area contributed by atoms with Gasteiger partial charge in [0.2, 0.25) is 0 Å². The van der Waals surface area contributed by atoms with Crippen LogP contribution in [-0.2, 0) is 10.0 Å². The molecule has 0 saturated carbocycles. The van der Waals surface area contributed by atoms with Crippen molar-refractivity contribution in [2.45, 2.75) is 24.3 Å². The lowest BCUT2D eigenvalue weighted by atomic mass is 9.99. The first kappa shape index (κ1) is 13.8. The van der Waals surface area contributed by atoms with Crippen LogP contribution in [-0.4, -0.2) is 36.3 Å². The van der Waals surface area contributed by atoms with Crippen LogP contribution in [0.2, 0.25) is 0 Å². The molecule has 102 valence electrons. The van der Waals surface area contributed by atoms with E-state index in [0.717, 1.165) is 5.01 Å². The molecule has 0 atom stereocenters. The Kier molecular flexibility index (Phi) is 3.65. The lowest BCUT2D eigenvalue weighted by Gasteiger charge is -2.30. The monoisotopic (exact) mass is 300 g/mol. The first-order chi connectivity index (χ1) is 8.32. The molecule has 0 bridgehead atoms. The molecule has 9 heteroatoms. The van der Waals surface area contributed by atoms with Crippen molar-refractivity contribution in [3.8, 4) is 0 Å². The highest BCUT2D eigenvalue weighted by atomic mass is 32.2. The third-order valence-corrected chi connectivity index (χ3v) is 5.45. The Hall–Kier alpha value is -0.670. The molecule has 1 saturated heterocycles. The summed E-state index contributed by atoms with van der Waals surface area (Å²) in [6.07, 6.45) is 2.39. The Bertz CT molecular complexity index is 490. The summed E-state index contributed by atoms with van der Waals surface area (Å²) in [5.74, 6) is 0.0599. The van der Waals surface area contributed by atoms with Crippen LogP contribution in [0, 0.1) is 0 Å². The maximum atomic E-state index is 12.3. The van der Waals surface area contributed by atoms with Crippen LogP contribution in [0.1, 0.15) is 23.8 Å². The zero-order valence-electron chi connectivity index (χ0n) is 9.22. The molecule has 1 aliphatic rings. The summed E-state index contributed by atoms with van der Waals surface area (Å²) < 4.78 is 59.9. The molecular formula is C9H11F3N2O2S2. The van der Waals surface area contributed by atoms with Crippen LogP contribution in [0.5, 0.6) is 0 Å². The average Bonchev–Trinajstić information content (AvgIpc) is 2.81. The van der Waals surface area contributed by atoms with E-state index in [0.29, 0.717) is 17.1 Å². The second-order valence-electron chi connectivity index (χ2n) is 3.99. The summed E-state index contributed by atoms with van der Waals surface area (Å²) >= 11 is 1.44. The molecule has 18 heavy (non-hydrogen) atoms. The Morgan fingerprint density at radius 1 is 1.33 bits per heavy atom. The van der Waals surface area contributed by atoms with E-state index in [4.69, 9.17) is 0 Å². The third kappa shape index (κ3) is 2.52. The number of piperidine rings is 1. The summed E-state index contributed by atoms with van der Waals surface area (Å²) in [5.41, 5.74) is -5.21. The average molecular weight is 300 g/mol. The second kappa shape index (κ2) is 4.78. The molecule has 0 amide bonds. The van der Waals surface area contributed by atoms with E-state index < -0.39 is 15.5 Å². The highest BCUT2D eigenvalue weighted by Crippen LogP contribution is 2.34. The van der Waals surface area contributed by atoms with Gasteiger partial charge in [0.1, 0.15) is 0 Å². The number of sulfonamides is 1. The van der Waals surface area contributed by atoms with Gasteiger partial charge < -0.3 is 0 Å². The fourth-order valence-electron chi connectivity index (χ4n) is 1.93. The van der Waals surface area contributed by atoms with Gasteiger partial charge in [-0.1, -0.05) is 0 Å². The van der Waals surface area contributed by atoms with Gasteiger partial charge in [0.25, 0.3) is 0 Å². The topological polar surface area (TPSA) is 50.3 Å². The number of alkyl halides is 3. The van der Waals surface area contributed by atoms with Gasteiger partial charge in [-0.3, -0.25) is 0 Å². The number of halogens is 3. The third-order valence-electron chi connectivity index (χ3n) is 2.89.